The van der Waals surface area contributed by atoms with Gasteiger partial charge in [0.15, 0.2) is 11.6 Å². The van der Waals surface area contributed by atoms with Gasteiger partial charge >= 0.3 is 0 Å². The lowest BCUT2D eigenvalue weighted by Crippen LogP contribution is -2.25. The number of hydrogen-bond acceptors (Lipinski definition) is 8. The van der Waals surface area contributed by atoms with E-state index in [1.807, 2.05) is 0 Å². The Hall–Kier alpha value is -4.08. The zero-order chi connectivity index (χ0) is 23.9. The standard InChI is InChI=1S/C24H26FN7O2/c25-17-9-5-4-8-16(17)13-28-20(19-10-11-34-32-19)12-18(26)23-29-14-21(22(27)31-23)30-24(33)15-6-2-1-3-7-15/h4-5,8-12,14-15H,1-3,6-7,13,26H2,(H,30,33)(H2,27,29,31). The van der Waals surface area contributed by atoms with E-state index in [1.54, 1.807) is 24.3 Å². The van der Waals surface area contributed by atoms with Gasteiger partial charge in [-0.2, -0.15) is 0 Å². The summed E-state index contributed by atoms with van der Waals surface area (Å²) in [6.45, 7) is 0.0772. The molecule has 176 valence electrons. The molecule has 0 bridgehead atoms. The molecule has 1 aromatic carbocycles. The van der Waals surface area contributed by atoms with Gasteiger partial charge in [0, 0.05) is 17.5 Å². The van der Waals surface area contributed by atoms with E-state index in [-0.39, 0.29) is 41.5 Å². The van der Waals surface area contributed by atoms with Crippen LogP contribution >= 0.6 is 0 Å². The topological polar surface area (TPSA) is 145 Å². The van der Waals surface area contributed by atoms with E-state index in [0.29, 0.717) is 22.7 Å². The van der Waals surface area contributed by atoms with Crippen LogP contribution in [0.3, 0.4) is 0 Å². The number of nitrogens with two attached hydrogens (primary N) is 2. The normalized spacial score (nSPS) is 15.3. The molecule has 1 aliphatic rings. The van der Waals surface area contributed by atoms with Crippen molar-refractivity contribution in [1.82, 2.24) is 15.1 Å². The highest BCUT2D eigenvalue weighted by atomic mass is 19.1. The Balaban J connectivity index is 1.53. The Labute approximate surface area is 196 Å². The molecule has 2 aromatic heterocycles. The van der Waals surface area contributed by atoms with Crippen molar-refractivity contribution < 1.29 is 13.7 Å². The van der Waals surface area contributed by atoms with E-state index in [0.717, 1.165) is 32.1 Å². The zero-order valence-corrected chi connectivity index (χ0v) is 18.6. The first kappa shape index (κ1) is 23.1. The van der Waals surface area contributed by atoms with Crippen molar-refractivity contribution in [3.05, 3.63) is 71.8 Å². The van der Waals surface area contributed by atoms with Crippen LogP contribution in [-0.2, 0) is 11.3 Å². The second-order valence-electron chi connectivity index (χ2n) is 8.09. The van der Waals surface area contributed by atoms with Gasteiger partial charge in [0.05, 0.1) is 24.2 Å². The van der Waals surface area contributed by atoms with Crippen molar-refractivity contribution in [1.29, 1.82) is 0 Å². The first-order valence-electron chi connectivity index (χ1n) is 11.1. The second kappa shape index (κ2) is 10.7. The summed E-state index contributed by atoms with van der Waals surface area (Å²) in [7, 11) is 0. The number of anilines is 2. The van der Waals surface area contributed by atoms with Gasteiger partial charge in [-0.05, 0) is 25.0 Å². The zero-order valence-electron chi connectivity index (χ0n) is 18.6. The molecule has 3 aromatic rings. The van der Waals surface area contributed by atoms with Crippen molar-refractivity contribution in [2.75, 3.05) is 11.1 Å². The van der Waals surface area contributed by atoms with Gasteiger partial charge < -0.3 is 21.3 Å². The molecule has 10 heteroatoms. The van der Waals surface area contributed by atoms with Crippen molar-refractivity contribution in [2.24, 2.45) is 16.6 Å². The maximum absolute atomic E-state index is 14.0. The first-order valence-corrected chi connectivity index (χ1v) is 11.1. The van der Waals surface area contributed by atoms with Crippen LogP contribution in [0, 0.1) is 11.7 Å². The van der Waals surface area contributed by atoms with E-state index in [9.17, 15) is 9.18 Å². The van der Waals surface area contributed by atoms with Crippen LogP contribution in [0.25, 0.3) is 5.70 Å². The van der Waals surface area contributed by atoms with Crippen LogP contribution in [0.2, 0.25) is 0 Å². The number of aliphatic imine (C=N–C) groups is 1. The minimum Gasteiger partial charge on any atom is -0.396 e. The van der Waals surface area contributed by atoms with Crippen LogP contribution in [-0.4, -0.2) is 26.7 Å². The number of carbonyl (C=O) groups is 1. The van der Waals surface area contributed by atoms with E-state index in [4.69, 9.17) is 16.0 Å². The highest BCUT2D eigenvalue weighted by Gasteiger charge is 2.22. The summed E-state index contributed by atoms with van der Waals surface area (Å²) in [4.78, 5) is 25.4. The molecule has 1 fully saturated rings. The Morgan fingerprint density at radius 2 is 2.03 bits per heavy atom. The van der Waals surface area contributed by atoms with Gasteiger partial charge in [0.25, 0.3) is 0 Å². The fourth-order valence-corrected chi connectivity index (χ4v) is 3.78. The number of amides is 1. The third-order valence-corrected chi connectivity index (χ3v) is 5.68. The molecule has 0 unspecified atom stereocenters. The molecule has 5 N–H and O–H groups in total. The smallest absolute Gasteiger partial charge is 0.227 e. The first-order chi connectivity index (χ1) is 16.5. The summed E-state index contributed by atoms with van der Waals surface area (Å²) in [5.41, 5.74) is 14.0. The van der Waals surface area contributed by atoms with Crippen molar-refractivity contribution in [2.45, 2.75) is 38.6 Å². The highest BCUT2D eigenvalue weighted by molar-refractivity contribution is 6.10. The molecule has 0 spiro atoms. The largest absolute Gasteiger partial charge is 0.396 e. The number of halogens is 1. The Bertz CT molecular complexity index is 1200. The summed E-state index contributed by atoms with van der Waals surface area (Å²) in [6, 6.07) is 7.98. The summed E-state index contributed by atoms with van der Waals surface area (Å²) < 4.78 is 18.9. The summed E-state index contributed by atoms with van der Waals surface area (Å²) in [6.07, 6.45) is 9.37. The lowest BCUT2D eigenvalue weighted by molar-refractivity contribution is -0.120. The average molecular weight is 464 g/mol. The molecule has 1 aliphatic carbocycles. The quantitative estimate of drug-likeness (QED) is 0.453. The molecule has 34 heavy (non-hydrogen) atoms. The Morgan fingerprint density at radius 3 is 2.74 bits per heavy atom. The minimum absolute atomic E-state index is 0.0199. The predicted molar refractivity (Wildman–Crippen MR) is 127 cm³/mol. The van der Waals surface area contributed by atoms with Gasteiger partial charge in [-0.3, -0.25) is 9.79 Å². The number of rotatable bonds is 7. The molecule has 0 radical (unpaired) electrons. The highest BCUT2D eigenvalue weighted by Crippen LogP contribution is 2.26. The third kappa shape index (κ3) is 5.64. The summed E-state index contributed by atoms with van der Waals surface area (Å²) in [5, 5.41) is 6.72. The predicted octanol–water partition coefficient (Wildman–Crippen LogP) is 3.69. The Kier molecular flexibility index (Phi) is 7.26. The monoisotopic (exact) mass is 463 g/mol. The maximum atomic E-state index is 14.0. The lowest BCUT2D eigenvalue weighted by Gasteiger charge is -2.20. The minimum atomic E-state index is -0.357. The van der Waals surface area contributed by atoms with Crippen LogP contribution in [0.4, 0.5) is 15.9 Å². The lowest BCUT2D eigenvalue weighted by atomic mass is 9.88. The van der Waals surface area contributed by atoms with E-state index < -0.39 is 0 Å². The van der Waals surface area contributed by atoms with Gasteiger partial charge in [-0.15, -0.1) is 0 Å². The molecular formula is C24H26FN7O2. The van der Waals surface area contributed by atoms with Gasteiger partial charge in [0.2, 0.25) is 5.91 Å². The summed E-state index contributed by atoms with van der Waals surface area (Å²) in [5.74, 6) is -0.176. The van der Waals surface area contributed by atoms with Gasteiger partial charge in [-0.25, -0.2) is 14.4 Å². The molecule has 9 nitrogen and oxygen atoms in total. The summed E-state index contributed by atoms with van der Waals surface area (Å²) >= 11 is 0. The fourth-order valence-electron chi connectivity index (χ4n) is 3.78. The van der Waals surface area contributed by atoms with Crippen molar-refractivity contribution in [3.63, 3.8) is 0 Å². The van der Waals surface area contributed by atoms with E-state index >= 15 is 0 Å². The molecule has 0 aliphatic heterocycles. The van der Waals surface area contributed by atoms with E-state index in [1.165, 1.54) is 24.6 Å². The average Bonchev–Trinajstić information content (AvgIpc) is 3.39. The molecule has 4 rings (SSSR count). The number of nitrogens with zero attached hydrogens (tertiary/aromatic N) is 4. The maximum Gasteiger partial charge on any atom is 0.227 e. The molecule has 2 heterocycles. The van der Waals surface area contributed by atoms with Crippen LogP contribution in [0.15, 0.2) is 58.4 Å². The Morgan fingerprint density at radius 1 is 1.24 bits per heavy atom. The fraction of sp³-hybridized carbons (Fsp3) is 0.292. The number of nitrogen functional groups attached to an aromatic ring is 1. The molecule has 0 saturated heterocycles. The molecule has 0 atom stereocenters. The number of carbonyl (C=O) groups excluding carboxylic acids is 1. The number of benzene rings is 1. The number of aromatic nitrogens is 3. The van der Waals surface area contributed by atoms with Gasteiger partial charge in [0.1, 0.15) is 23.5 Å². The van der Waals surface area contributed by atoms with E-state index in [2.05, 4.69) is 25.4 Å². The van der Waals surface area contributed by atoms with Gasteiger partial charge in [-0.1, -0.05) is 42.6 Å². The molecule has 1 amide bonds. The van der Waals surface area contributed by atoms with Crippen LogP contribution in [0.1, 0.15) is 49.2 Å². The van der Waals surface area contributed by atoms with Crippen molar-refractivity contribution in [3.8, 4) is 0 Å². The molecule has 1 saturated carbocycles. The number of hydrogen-bond donors (Lipinski definition) is 3. The molecular weight excluding hydrogens is 437 g/mol. The number of allylic oxidation sites excluding steroid dienone is 1. The SMILES string of the molecule is NC(=CC(=NCc1ccccc1F)c1ccon1)c1ncc(NC(=O)C2CCCCC2)c(N)n1. The number of nitrogens with one attached hydrogen (secondary N) is 1. The second-order valence-corrected chi connectivity index (χ2v) is 8.09. The van der Waals surface area contributed by atoms with Crippen molar-refractivity contribution >= 4 is 28.8 Å². The third-order valence-electron chi connectivity index (χ3n) is 5.68. The van der Waals surface area contributed by atoms with Crippen LogP contribution in [0.5, 0.6) is 0 Å². The van der Waals surface area contributed by atoms with Crippen LogP contribution < -0.4 is 16.8 Å².